The fourth-order valence-corrected chi connectivity index (χ4v) is 2.51. The first kappa shape index (κ1) is 8.52. The number of piperidine rings is 1. The van der Waals surface area contributed by atoms with Gasteiger partial charge in [-0.3, -0.25) is 4.90 Å². The van der Waals surface area contributed by atoms with Gasteiger partial charge in [-0.2, -0.15) is 0 Å². The van der Waals surface area contributed by atoms with Gasteiger partial charge in [0.2, 0.25) is 0 Å². The summed E-state index contributed by atoms with van der Waals surface area (Å²) in [6.07, 6.45) is 4.22. The van der Waals surface area contributed by atoms with Crippen molar-refractivity contribution in [3.63, 3.8) is 0 Å². The van der Waals surface area contributed by atoms with E-state index in [2.05, 4.69) is 17.1 Å². The lowest BCUT2D eigenvalue weighted by Gasteiger charge is -2.35. The third-order valence-corrected chi connectivity index (χ3v) is 3.24. The van der Waals surface area contributed by atoms with Gasteiger partial charge >= 0.3 is 0 Å². The Morgan fingerprint density at radius 3 is 2.92 bits per heavy atom. The Hall–Kier alpha value is -0.0800. The molecule has 0 aromatic rings. The normalized spacial score (nSPS) is 38.8. The molecule has 2 aliphatic heterocycles. The van der Waals surface area contributed by atoms with Gasteiger partial charge in [0.25, 0.3) is 0 Å². The van der Waals surface area contributed by atoms with Crippen LogP contribution in [0.5, 0.6) is 0 Å². The fourth-order valence-electron chi connectivity index (χ4n) is 2.51. The summed E-state index contributed by atoms with van der Waals surface area (Å²) in [6.45, 7) is 7.53. The molecule has 2 rings (SSSR count). The van der Waals surface area contributed by atoms with Crippen LogP contribution in [0, 0.1) is 5.92 Å². The van der Waals surface area contributed by atoms with Crippen LogP contribution in [-0.2, 0) is 0 Å². The Labute approximate surface area is 75.3 Å². The molecule has 2 nitrogen and oxygen atoms in total. The molecule has 2 fully saturated rings. The van der Waals surface area contributed by atoms with Gasteiger partial charge in [-0.15, -0.1) is 0 Å². The molecule has 12 heavy (non-hydrogen) atoms. The molecule has 0 aliphatic carbocycles. The zero-order valence-corrected chi connectivity index (χ0v) is 8.05. The third-order valence-electron chi connectivity index (χ3n) is 3.24. The van der Waals surface area contributed by atoms with Gasteiger partial charge in [-0.05, 0) is 38.3 Å². The molecule has 0 aromatic heterocycles. The molecule has 2 aliphatic rings. The van der Waals surface area contributed by atoms with E-state index >= 15 is 0 Å². The minimum atomic E-state index is 0.854. The summed E-state index contributed by atoms with van der Waals surface area (Å²) < 4.78 is 0. The van der Waals surface area contributed by atoms with Crippen LogP contribution in [0.4, 0.5) is 0 Å². The van der Waals surface area contributed by atoms with E-state index in [4.69, 9.17) is 0 Å². The summed E-state index contributed by atoms with van der Waals surface area (Å²) in [6, 6.07) is 0.854. The van der Waals surface area contributed by atoms with E-state index in [1.165, 1.54) is 45.4 Å². The maximum Gasteiger partial charge on any atom is 0.0232 e. The van der Waals surface area contributed by atoms with Crippen molar-refractivity contribution in [2.75, 3.05) is 26.2 Å². The first-order valence-corrected chi connectivity index (χ1v) is 5.31. The van der Waals surface area contributed by atoms with Crippen molar-refractivity contribution in [1.82, 2.24) is 10.2 Å². The molecule has 2 atom stereocenters. The Balaban J connectivity index is 1.85. The molecule has 0 radical (unpaired) electrons. The molecule has 0 spiro atoms. The largest absolute Gasteiger partial charge is 0.315 e. The number of nitrogens with one attached hydrogen (secondary N) is 1. The van der Waals surface area contributed by atoms with Crippen molar-refractivity contribution < 1.29 is 0 Å². The molecule has 2 saturated heterocycles. The van der Waals surface area contributed by atoms with Gasteiger partial charge in [0.05, 0.1) is 0 Å². The Kier molecular flexibility index (Phi) is 2.66. The number of rotatable bonds is 1. The predicted octanol–water partition coefficient (Wildman–Crippen LogP) is 1.08. The van der Waals surface area contributed by atoms with Crippen LogP contribution >= 0.6 is 0 Å². The zero-order valence-electron chi connectivity index (χ0n) is 8.05. The lowest BCUT2D eigenvalue weighted by Crippen LogP contribution is -2.43. The minimum Gasteiger partial charge on any atom is -0.315 e. The van der Waals surface area contributed by atoms with Gasteiger partial charge in [0.15, 0.2) is 0 Å². The van der Waals surface area contributed by atoms with Gasteiger partial charge in [0.1, 0.15) is 0 Å². The Morgan fingerprint density at radius 2 is 2.25 bits per heavy atom. The predicted molar refractivity (Wildman–Crippen MR) is 51.2 cm³/mol. The number of hydrogen-bond donors (Lipinski definition) is 1. The van der Waals surface area contributed by atoms with Gasteiger partial charge in [-0.1, -0.05) is 6.92 Å². The van der Waals surface area contributed by atoms with Crippen LogP contribution in [0.2, 0.25) is 0 Å². The van der Waals surface area contributed by atoms with Crippen molar-refractivity contribution in [2.24, 2.45) is 5.92 Å². The van der Waals surface area contributed by atoms with E-state index in [0.717, 1.165) is 12.0 Å². The number of hydrogen-bond acceptors (Lipinski definition) is 2. The average molecular weight is 168 g/mol. The van der Waals surface area contributed by atoms with E-state index in [1.807, 2.05) is 0 Å². The summed E-state index contributed by atoms with van der Waals surface area (Å²) in [5.41, 5.74) is 0. The molecule has 2 heteroatoms. The van der Waals surface area contributed by atoms with E-state index < -0.39 is 0 Å². The SMILES string of the molecule is C[C@@H]1CCCN([C@@H]2CCNC2)C1. The molecule has 0 unspecified atom stereocenters. The second kappa shape index (κ2) is 3.75. The van der Waals surface area contributed by atoms with Gasteiger partial charge in [0, 0.05) is 19.1 Å². The van der Waals surface area contributed by atoms with E-state index in [1.54, 1.807) is 0 Å². The molecule has 0 saturated carbocycles. The number of likely N-dealkylation sites (tertiary alicyclic amines) is 1. The molecule has 2 heterocycles. The average Bonchev–Trinajstić information content (AvgIpc) is 2.56. The maximum absolute atomic E-state index is 3.44. The molecule has 0 bridgehead atoms. The first-order valence-electron chi connectivity index (χ1n) is 5.31. The van der Waals surface area contributed by atoms with Crippen LogP contribution in [0.3, 0.4) is 0 Å². The first-order chi connectivity index (χ1) is 5.86. The number of nitrogens with zero attached hydrogens (tertiary/aromatic N) is 1. The summed E-state index contributed by atoms with van der Waals surface area (Å²) in [7, 11) is 0. The lowest BCUT2D eigenvalue weighted by atomic mass is 9.98. The second-order valence-corrected chi connectivity index (χ2v) is 4.39. The highest BCUT2D eigenvalue weighted by Gasteiger charge is 2.25. The maximum atomic E-state index is 3.44. The smallest absolute Gasteiger partial charge is 0.0232 e. The van der Waals surface area contributed by atoms with Crippen molar-refractivity contribution in [1.29, 1.82) is 0 Å². The second-order valence-electron chi connectivity index (χ2n) is 4.39. The summed E-state index contributed by atoms with van der Waals surface area (Å²) in [5.74, 6) is 0.930. The van der Waals surface area contributed by atoms with Gasteiger partial charge < -0.3 is 5.32 Å². The molecule has 0 aromatic carbocycles. The van der Waals surface area contributed by atoms with Crippen LogP contribution in [0.15, 0.2) is 0 Å². The van der Waals surface area contributed by atoms with Gasteiger partial charge in [-0.25, -0.2) is 0 Å². The van der Waals surface area contributed by atoms with E-state index in [-0.39, 0.29) is 0 Å². The van der Waals surface area contributed by atoms with E-state index in [0.29, 0.717) is 0 Å². The summed E-state index contributed by atoms with van der Waals surface area (Å²) in [5, 5.41) is 3.44. The lowest BCUT2D eigenvalue weighted by molar-refractivity contribution is 0.138. The quantitative estimate of drug-likeness (QED) is 0.630. The highest BCUT2D eigenvalue weighted by molar-refractivity contribution is 4.83. The summed E-state index contributed by atoms with van der Waals surface area (Å²) >= 11 is 0. The standard InChI is InChI=1S/C10H20N2/c1-9-3-2-6-12(8-9)10-4-5-11-7-10/h9-11H,2-8H2,1H3/t9-,10-/m1/s1. The monoisotopic (exact) mass is 168 g/mol. The minimum absolute atomic E-state index is 0.854. The highest BCUT2D eigenvalue weighted by Crippen LogP contribution is 2.19. The summed E-state index contributed by atoms with van der Waals surface area (Å²) in [4.78, 5) is 2.69. The van der Waals surface area contributed by atoms with Crippen molar-refractivity contribution >= 4 is 0 Å². The topological polar surface area (TPSA) is 15.3 Å². The van der Waals surface area contributed by atoms with Crippen LogP contribution in [0.25, 0.3) is 0 Å². The fraction of sp³-hybridized carbons (Fsp3) is 1.00. The molecule has 70 valence electrons. The van der Waals surface area contributed by atoms with E-state index in [9.17, 15) is 0 Å². The molecule has 1 N–H and O–H groups in total. The van der Waals surface area contributed by atoms with Crippen molar-refractivity contribution in [3.05, 3.63) is 0 Å². The zero-order chi connectivity index (χ0) is 8.39. The third kappa shape index (κ3) is 1.80. The van der Waals surface area contributed by atoms with Crippen LogP contribution < -0.4 is 5.32 Å². The van der Waals surface area contributed by atoms with Crippen LogP contribution in [0.1, 0.15) is 26.2 Å². The molecular weight excluding hydrogens is 148 g/mol. The highest BCUT2D eigenvalue weighted by atomic mass is 15.2. The van der Waals surface area contributed by atoms with Crippen molar-refractivity contribution in [3.8, 4) is 0 Å². The Morgan fingerprint density at radius 1 is 1.33 bits per heavy atom. The molecular formula is C10H20N2. The van der Waals surface area contributed by atoms with Crippen molar-refractivity contribution in [2.45, 2.75) is 32.2 Å². The molecule has 0 amide bonds. The van der Waals surface area contributed by atoms with Crippen LogP contribution in [-0.4, -0.2) is 37.1 Å². The Bertz CT molecular complexity index is 141.